The molecular weight excluding hydrogens is 220 g/mol. The molecule has 0 aliphatic carbocycles. The molecule has 3 N–H and O–H groups in total. The van der Waals surface area contributed by atoms with Crippen molar-refractivity contribution in [2.45, 2.75) is 26.3 Å². The van der Waals surface area contributed by atoms with Gasteiger partial charge in [0.1, 0.15) is 0 Å². The molecule has 90 valence electrons. The molecule has 0 aliphatic rings. The van der Waals surface area contributed by atoms with Crippen molar-refractivity contribution in [1.29, 1.82) is 0 Å². The third-order valence-corrected chi connectivity index (χ3v) is 2.67. The molecule has 0 saturated carbocycles. The largest absolute Gasteiger partial charge is 0.480 e. The number of aliphatic carboxylic acids is 1. The Hall–Kier alpha value is -0.660. The number of primary sulfonamides is 1. The molecule has 0 unspecified atom stereocenters. The summed E-state index contributed by atoms with van der Waals surface area (Å²) >= 11 is 0. The Bertz CT molecular complexity index is 318. The van der Waals surface area contributed by atoms with Gasteiger partial charge in [-0.1, -0.05) is 0 Å². The Morgan fingerprint density at radius 3 is 2.13 bits per heavy atom. The highest BCUT2D eigenvalue weighted by atomic mass is 32.2. The van der Waals surface area contributed by atoms with Crippen LogP contribution >= 0.6 is 0 Å². The first-order valence-corrected chi connectivity index (χ1v) is 6.21. The van der Waals surface area contributed by atoms with Gasteiger partial charge in [-0.05, 0) is 20.8 Å². The molecule has 7 heteroatoms. The van der Waals surface area contributed by atoms with Crippen LogP contribution in [0.5, 0.6) is 0 Å². The molecular formula is C8H18N2O4S. The van der Waals surface area contributed by atoms with Gasteiger partial charge in [-0.3, -0.25) is 9.69 Å². The van der Waals surface area contributed by atoms with Crippen molar-refractivity contribution in [1.82, 2.24) is 4.90 Å². The number of carboxylic acids is 1. The minimum absolute atomic E-state index is 0.120. The van der Waals surface area contributed by atoms with Gasteiger partial charge >= 0.3 is 5.97 Å². The minimum Gasteiger partial charge on any atom is -0.480 e. The molecule has 0 amide bonds. The lowest BCUT2D eigenvalue weighted by Gasteiger charge is -2.33. The first kappa shape index (κ1) is 14.3. The number of hydrogen-bond acceptors (Lipinski definition) is 4. The van der Waals surface area contributed by atoms with E-state index in [1.54, 1.807) is 4.90 Å². The van der Waals surface area contributed by atoms with Crippen LogP contribution in [0.25, 0.3) is 0 Å². The number of carboxylic acid groups (broad SMARTS) is 1. The number of carbonyl (C=O) groups is 1. The van der Waals surface area contributed by atoms with E-state index < -0.39 is 21.5 Å². The lowest BCUT2D eigenvalue weighted by molar-refractivity contribution is -0.139. The summed E-state index contributed by atoms with van der Waals surface area (Å²) in [7, 11) is -3.55. The van der Waals surface area contributed by atoms with Crippen LogP contribution in [-0.2, 0) is 14.8 Å². The van der Waals surface area contributed by atoms with E-state index in [1.807, 2.05) is 20.8 Å². The van der Waals surface area contributed by atoms with Crippen LogP contribution in [0.4, 0.5) is 0 Å². The molecule has 0 fully saturated rings. The SMILES string of the molecule is CC(C)(C)N(CCS(N)(=O)=O)CC(=O)O. The maximum atomic E-state index is 10.8. The van der Waals surface area contributed by atoms with Gasteiger partial charge in [-0.25, -0.2) is 13.6 Å². The fraction of sp³-hybridized carbons (Fsp3) is 0.875. The third kappa shape index (κ3) is 7.29. The fourth-order valence-corrected chi connectivity index (χ4v) is 1.53. The van der Waals surface area contributed by atoms with Gasteiger partial charge in [-0.15, -0.1) is 0 Å². The van der Waals surface area contributed by atoms with E-state index in [1.165, 1.54) is 0 Å². The Balaban J connectivity index is 4.47. The summed E-state index contributed by atoms with van der Waals surface area (Å²) in [5.41, 5.74) is -0.400. The average Bonchev–Trinajstić information content (AvgIpc) is 1.93. The maximum absolute atomic E-state index is 10.8. The van der Waals surface area contributed by atoms with Gasteiger partial charge in [-0.2, -0.15) is 0 Å². The number of hydrogen-bond donors (Lipinski definition) is 2. The molecule has 0 aromatic carbocycles. The van der Waals surface area contributed by atoms with Crippen molar-refractivity contribution in [2.24, 2.45) is 5.14 Å². The molecule has 0 aromatic heterocycles. The zero-order chi connectivity index (χ0) is 12.3. The summed E-state index contributed by atoms with van der Waals surface area (Å²) in [6, 6.07) is 0. The Morgan fingerprint density at radius 2 is 1.87 bits per heavy atom. The Morgan fingerprint density at radius 1 is 1.40 bits per heavy atom. The molecule has 0 aromatic rings. The van der Waals surface area contributed by atoms with E-state index in [0.717, 1.165) is 0 Å². The van der Waals surface area contributed by atoms with Gasteiger partial charge in [0.05, 0.1) is 12.3 Å². The van der Waals surface area contributed by atoms with Crippen LogP contribution < -0.4 is 5.14 Å². The summed E-state index contributed by atoms with van der Waals surface area (Å²) in [6.07, 6.45) is 0. The average molecular weight is 238 g/mol. The van der Waals surface area contributed by atoms with Crippen LogP contribution in [0.15, 0.2) is 0 Å². The summed E-state index contributed by atoms with van der Waals surface area (Å²) in [4.78, 5) is 12.1. The van der Waals surface area contributed by atoms with Crippen molar-refractivity contribution >= 4 is 16.0 Å². The van der Waals surface area contributed by atoms with Crippen molar-refractivity contribution in [3.05, 3.63) is 0 Å². The lowest BCUT2D eigenvalue weighted by Crippen LogP contribution is -2.47. The first-order chi connectivity index (χ1) is 6.52. The predicted molar refractivity (Wildman–Crippen MR) is 56.9 cm³/mol. The van der Waals surface area contributed by atoms with Crippen molar-refractivity contribution < 1.29 is 18.3 Å². The molecule has 0 saturated heterocycles. The van der Waals surface area contributed by atoms with Crippen LogP contribution in [-0.4, -0.2) is 48.8 Å². The van der Waals surface area contributed by atoms with Crippen molar-refractivity contribution in [3.8, 4) is 0 Å². The second-order valence-corrected chi connectivity index (χ2v) is 6.09. The van der Waals surface area contributed by atoms with Crippen LogP contribution in [0.1, 0.15) is 20.8 Å². The second-order valence-electron chi connectivity index (χ2n) is 4.35. The molecule has 6 nitrogen and oxygen atoms in total. The van der Waals surface area contributed by atoms with Crippen LogP contribution in [0, 0.1) is 0 Å². The van der Waals surface area contributed by atoms with E-state index in [2.05, 4.69) is 0 Å². The molecule has 0 rings (SSSR count). The molecule has 0 radical (unpaired) electrons. The molecule has 0 heterocycles. The molecule has 0 atom stereocenters. The van der Waals surface area contributed by atoms with Crippen molar-refractivity contribution in [2.75, 3.05) is 18.8 Å². The molecule has 0 aliphatic heterocycles. The van der Waals surface area contributed by atoms with Crippen molar-refractivity contribution in [3.63, 3.8) is 0 Å². The van der Waals surface area contributed by atoms with E-state index in [-0.39, 0.29) is 18.8 Å². The van der Waals surface area contributed by atoms with E-state index in [4.69, 9.17) is 10.2 Å². The van der Waals surface area contributed by atoms with Gasteiger partial charge in [0.2, 0.25) is 10.0 Å². The Labute approximate surface area is 90.1 Å². The number of nitrogens with zero attached hydrogens (tertiary/aromatic N) is 1. The van der Waals surface area contributed by atoms with E-state index in [9.17, 15) is 13.2 Å². The van der Waals surface area contributed by atoms with Crippen LogP contribution in [0.2, 0.25) is 0 Å². The number of nitrogens with two attached hydrogens (primary N) is 1. The molecule has 0 spiro atoms. The molecule has 0 bridgehead atoms. The van der Waals surface area contributed by atoms with Gasteiger partial charge < -0.3 is 5.11 Å². The van der Waals surface area contributed by atoms with E-state index in [0.29, 0.717) is 0 Å². The summed E-state index contributed by atoms with van der Waals surface area (Å²) in [6.45, 7) is 5.38. The van der Waals surface area contributed by atoms with Crippen LogP contribution in [0.3, 0.4) is 0 Å². The molecule has 15 heavy (non-hydrogen) atoms. The maximum Gasteiger partial charge on any atom is 0.317 e. The van der Waals surface area contributed by atoms with Gasteiger partial charge in [0, 0.05) is 12.1 Å². The lowest BCUT2D eigenvalue weighted by atomic mass is 10.1. The zero-order valence-electron chi connectivity index (χ0n) is 9.23. The quantitative estimate of drug-likeness (QED) is 0.670. The highest BCUT2D eigenvalue weighted by Crippen LogP contribution is 2.12. The monoisotopic (exact) mass is 238 g/mol. The standard InChI is InChI=1S/C8H18N2O4S/c1-8(2,3)10(6-7(11)12)4-5-15(9,13)14/h4-6H2,1-3H3,(H,11,12)(H2,9,13,14). The number of sulfonamides is 1. The smallest absolute Gasteiger partial charge is 0.317 e. The summed E-state index contributed by atoms with van der Waals surface area (Å²) in [5.74, 6) is -1.23. The summed E-state index contributed by atoms with van der Waals surface area (Å²) < 4.78 is 21.5. The third-order valence-electron chi connectivity index (χ3n) is 1.92. The predicted octanol–water partition coefficient (Wildman–Crippen LogP) is -0.540. The first-order valence-electron chi connectivity index (χ1n) is 4.50. The topological polar surface area (TPSA) is 101 Å². The van der Waals surface area contributed by atoms with Gasteiger partial charge in [0.25, 0.3) is 0 Å². The highest BCUT2D eigenvalue weighted by Gasteiger charge is 2.24. The summed E-state index contributed by atoms with van der Waals surface area (Å²) in [5, 5.41) is 13.5. The van der Waals surface area contributed by atoms with Gasteiger partial charge in [0.15, 0.2) is 0 Å². The van der Waals surface area contributed by atoms with E-state index >= 15 is 0 Å². The second kappa shape index (κ2) is 4.91. The fourth-order valence-electron chi connectivity index (χ4n) is 1.05. The zero-order valence-corrected chi connectivity index (χ0v) is 10.0. The highest BCUT2D eigenvalue weighted by molar-refractivity contribution is 7.89. The number of rotatable bonds is 5. The Kier molecular flexibility index (Phi) is 4.69. The minimum atomic E-state index is -3.55. The normalized spacial score (nSPS) is 13.1.